The molecule has 0 saturated heterocycles. The average molecular weight is 515 g/mol. The number of hydrogen-bond donors (Lipinski definition) is 4. The largest absolute Gasteiger partial charge is 0.394 e. The molecule has 0 bridgehead atoms. The van der Waals surface area contributed by atoms with Crippen LogP contribution in [0.4, 0.5) is 0 Å². The van der Waals surface area contributed by atoms with Gasteiger partial charge in [-0.25, -0.2) is 0 Å². The van der Waals surface area contributed by atoms with Gasteiger partial charge in [0.15, 0.2) is 0 Å². The molecule has 35 heavy (non-hydrogen) atoms. The van der Waals surface area contributed by atoms with Crippen molar-refractivity contribution in [2.45, 2.75) is 24.6 Å². The molecule has 1 heterocycles. The molecule has 3 aromatic rings. The minimum Gasteiger partial charge on any atom is -0.394 e. The Morgan fingerprint density at radius 2 is 1.66 bits per heavy atom. The number of amides is 2. The van der Waals surface area contributed by atoms with Crippen molar-refractivity contribution in [3.05, 3.63) is 93.0 Å². The third-order valence-corrected chi connectivity index (χ3v) is 6.93. The standard InChI is InChI=1S/C26H24Cl2N2O5/c27-16-6-8-20(22(28)10-16)24-23(25(29)34)21-9-14(18-4-2-1-3-15(18)11-31)5-7-19(21)26(35)30(24)17(12-32)13-33/h1-10,17,23-24,31-33H,11-13H2,(H2,29,34)/t23-,24+/m1/s1. The highest BCUT2D eigenvalue weighted by atomic mass is 35.5. The van der Waals surface area contributed by atoms with Crippen molar-refractivity contribution in [3.63, 3.8) is 0 Å². The summed E-state index contributed by atoms with van der Waals surface area (Å²) in [5.41, 5.74) is 9.08. The zero-order valence-corrected chi connectivity index (χ0v) is 20.1. The van der Waals surface area contributed by atoms with Crippen LogP contribution in [0.1, 0.15) is 39.0 Å². The van der Waals surface area contributed by atoms with Crippen molar-refractivity contribution in [2.75, 3.05) is 13.2 Å². The van der Waals surface area contributed by atoms with Crippen molar-refractivity contribution in [1.82, 2.24) is 4.90 Å². The number of aliphatic hydroxyl groups is 3. The van der Waals surface area contributed by atoms with Crippen LogP contribution in [0.3, 0.4) is 0 Å². The lowest BCUT2D eigenvalue weighted by molar-refractivity contribution is -0.121. The summed E-state index contributed by atoms with van der Waals surface area (Å²) in [5.74, 6) is -2.23. The molecule has 4 rings (SSSR count). The minimum atomic E-state index is -1.04. The summed E-state index contributed by atoms with van der Waals surface area (Å²) >= 11 is 12.6. The zero-order chi connectivity index (χ0) is 25.3. The summed E-state index contributed by atoms with van der Waals surface area (Å²) in [6.07, 6.45) is 0. The molecule has 0 saturated carbocycles. The van der Waals surface area contributed by atoms with Gasteiger partial charge in [0.25, 0.3) is 5.91 Å². The Labute approximate surface area is 212 Å². The number of carbonyl (C=O) groups excluding carboxylic acids is 2. The normalized spacial score (nSPS) is 17.5. The summed E-state index contributed by atoms with van der Waals surface area (Å²) in [6.45, 7) is -1.25. The Morgan fingerprint density at radius 1 is 0.943 bits per heavy atom. The van der Waals surface area contributed by atoms with Gasteiger partial charge >= 0.3 is 0 Å². The van der Waals surface area contributed by atoms with Gasteiger partial charge in [0.05, 0.1) is 37.8 Å². The Kier molecular flexibility index (Phi) is 7.44. The van der Waals surface area contributed by atoms with Gasteiger partial charge in [-0.15, -0.1) is 0 Å². The zero-order valence-electron chi connectivity index (χ0n) is 18.6. The van der Waals surface area contributed by atoms with Crippen LogP contribution in [0, 0.1) is 0 Å². The summed E-state index contributed by atoms with van der Waals surface area (Å²) < 4.78 is 0. The number of aliphatic hydroxyl groups excluding tert-OH is 3. The van der Waals surface area contributed by atoms with Crippen molar-refractivity contribution >= 4 is 35.0 Å². The minimum absolute atomic E-state index is 0.184. The molecule has 0 unspecified atom stereocenters. The summed E-state index contributed by atoms with van der Waals surface area (Å²) in [4.78, 5) is 27.9. The molecule has 7 nitrogen and oxygen atoms in total. The first-order chi connectivity index (χ1) is 16.8. The SMILES string of the molecule is NC(=O)[C@@H]1c2cc(-c3ccccc3CO)ccc2C(=O)N(C(CO)CO)[C@H]1c1ccc(Cl)cc1Cl. The van der Waals surface area contributed by atoms with Crippen molar-refractivity contribution in [1.29, 1.82) is 0 Å². The van der Waals surface area contributed by atoms with Crippen LogP contribution < -0.4 is 5.73 Å². The molecule has 2 amide bonds. The molecule has 1 aliphatic rings. The Hall–Kier alpha value is -2.94. The van der Waals surface area contributed by atoms with E-state index in [1.807, 2.05) is 18.2 Å². The second-order valence-corrected chi connectivity index (χ2v) is 9.18. The molecule has 3 aromatic carbocycles. The van der Waals surface area contributed by atoms with E-state index in [9.17, 15) is 24.9 Å². The fraction of sp³-hybridized carbons (Fsp3) is 0.231. The Morgan fingerprint density at radius 3 is 2.29 bits per heavy atom. The molecule has 0 fully saturated rings. The summed E-state index contributed by atoms with van der Waals surface area (Å²) in [5, 5.41) is 30.3. The molecule has 0 radical (unpaired) electrons. The van der Waals surface area contributed by atoms with Crippen LogP contribution in [0.2, 0.25) is 10.0 Å². The number of hydrogen-bond acceptors (Lipinski definition) is 5. The third-order valence-electron chi connectivity index (χ3n) is 6.37. The van der Waals surface area contributed by atoms with Gasteiger partial charge < -0.3 is 26.0 Å². The number of benzene rings is 3. The Bertz CT molecular complexity index is 1280. The van der Waals surface area contributed by atoms with E-state index in [1.54, 1.807) is 36.4 Å². The third kappa shape index (κ3) is 4.53. The molecule has 2 atom stereocenters. The van der Waals surface area contributed by atoms with Crippen molar-refractivity contribution < 1.29 is 24.9 Å². The first-order valence-corrected chi connectivity index (χ1v) is 11.7. The Balaban J connectivity index is 1.98. The number of carbonyl (C=O) groups is 2. The number of primary amides is 1. The number of rotatable bonds is 7. The second kappa shape index (κ2) is 10.4. The number of nitrogens with two attached hydrogens (primary N) is 1. The highest BCUT2D eigenvalue weighted by Gasteiger charge is 2.46. The van der Waals surface area contributed by atoms with Gasteiger partial charge in [-0.2, -0.15) is 0 Å². The van der Waals surface area contributed by atoms with Gasteiger partial charge in [-0.3, -0.25) is 9.59 Å². The highest BCUT2D eigenvalue weighted by Crippen LogP contribution is 2.47. The van der Waals surface area contributed by atoms with E-state index in [1.165, 1.54) is 11.0 Å². The van der Waals surface area contributed by atoms with Gasteiger partial charge in [-0.1, -0.05) is 59.6 Å². The van der Waals surface area contributed by atoms with Crippen LogP contribution in [0.25, 0.3) is 11.1 Å². The molecule has 182 valence electrons. The van der Waals surface area contributed by atoms with Crippen LogP contribution in [0.15, 0.2) is 60.7 Å². The molecule has 9 heteroatoms. The smallest absolute Gasteiger partial charge is 0.255 e. The van der Waals surface area contributed by atoms with Crippen molar-refractivity contribution in [2.24, 2.45) is 5.73 Å². The quantitative estimate of drug-likeness (QED) is 0.385. The fourth-order valence-electron chi connectivity index (χ4n) is 4.72. The molecule has 0 aromatic heterocycles. The molecule has 0 spiro atoms. The second-order valence-electron chi connectivity index (χ2n) is 8.34. The molecular weight excluding hydrogens is 491 g/mol. The van der Waals surface area contributed by atoms with Crippen LogP contribution in [-0.2, 0) is 11.4 Å². The number of halogens is 2. The fourth-order valence-corrected chi connectivity index (χ4v) is 5.24. The van der Waals surface area contributed by atoms with Crippen molar-refractivity contribution in [3.8, 4) is 11.1 Å². The van der Waals surface area contributed by atoms with E-state index in [0.29, 0.717) is 27.3 Å². The maximum Gasteiger partial charge on any atom is 0.255 e. The van der Waals surface area contributed by atoms with Crippen LogP contribution in [-0.4, -0.2) is 51.3 Å². The monoisotopic (exact) mass is 514 g/mol. The van der Waals surface area contributed by atoms with E-state index in [-0.39, 0.29) is 17.2 Å². The van der Waals surface area contributed by atoms with Gasteiger partial charge in [0.2, 0.25) is 5.91 Å². The number of nitrogens with zero attached hydrogens (tertiary/aromatic N) is 1. The number of fused-ring (bicyclic) bond motifs is 1. The van der Waals surface area contributed by atoms with E-state index >= 15 is 0 Å². The summed E-state index contributed by atoms with van der Waals surface area (Å²) in [6, 6.07) is 15.0. The maximum absolute atomic E-state index is 13.7. The van der Waals surface area contributed by atoms with E-state index in [0.717, 1.165) is 5.56 Å². The van der Waals surface area contributed by atoms with Gasteiger partial charge in [-0.05, 0) is 52.1 Å². The van der Waals surface area contributed by atoms with E-state index < -0.39 is 43.0 Å². The van der Waals surface area contributed by atoms with Gasteiger partial charge in [0.1, 0.15) is 0 Å². The molecule has 0 aliphatic carbocycles. The lowest BCUT2D eigenvalue weighted by Gasteiger charge is -2.44. The van der Waals surface area contributed by atoms with Crippen LogP contribution >= 0.6 is 23.2 Å². The average Bonchev–Trinajstić information content (AvgIpc) is 2.85. The summed E-state index contributed by atoms with van der Waals surface area (Å²) in [7, 11) is 0. The molecule has 1 aliphatic heterocycles. The van der Waals surface area contributed by atoms with E-state index in [4.69, 9.17) is 28.9 Å². The lowest BCUT2D eigenvalue weighted by atomic mass is 9.77. The predicted molar refractivity (Wildman–Crippen MR) is 133 cm³/mol. The lowest BCUT2D eigenvalue weighted by Crippen LogP contribution is -2.53. The van der Waals surface area contributed by atoms with Gasteiger partial charge in [0, 0.05) is 15.6 Å². The maximum atomic E-state index is 13.7. The first-order valence-electron chi connectivity index (χ1n) is 10.9. The molecular formula is C26H24Cl2N2O5. The highest BCUT2D eigenvalue weighted by molar-refractivity contribution is 6.35. The topological polar surface area (TPSA) is 124 Å². The molecule has 5 N–H and O–H groups in total. The first kappa shape index (κ1) is 25.2. The predicted octanol–water partition coefficient (Wildman–Crippen LogP) is 3.27. The van der Waals surface area contributed by atoms with Crippen LogP contribution in [0.5, 0.6) is 0 Å². The van der Waals surface area contributed by atoms with E-state index in [2.05, 4.69) is 0 Å².